The summed E-state index contributed by atoms with van der Waals surface area (Å²) in [6, 6.07) is 3.81. The Morgan fingerprint density at radius 3 is 2.56 bits per heavy atom. The summed E-state index contributed by atoms with van der Waals surface area (Å²) in [5.41, 5.74) is 3.37. The number of anilines is 1. The van der Waals surface area contributed by atoms with Crippen LogP contribution in [0.5, 0.6) is 5.75 Å². The van der Waals surface area contributed by atoms with Crippen molar-refractivity contribution in [2.75, 3.05) is 11.9 Å². The quantitative estimate of drug-likeness (QED) is 0.627. The summed E-state index contributed by atoms with van der Waals surface area (Å²) < 4.78 is 5.15. The number of hydrogen-bond acceptors (Lipinski definition) is 3. The normalized spacial score (nSPS) is 10.0. The van der Waals surface area contributed by atoms with Crippen LogP contribution in [0.2, 0.25) is 0 Å². The zero-order chi connectivity index (χ0) is 12.1. The molecule has 0 bridgehead atoms. The van der Waals surface area contributed by atoms with E-state index in [0.29, 0.717) is 5.75 Å². The summed E-state index contributed by atoms with van der Waals surface area (Å²) >= 11 is 0. The number of rotatable bonds is 4. The molecule has 0 amide bonds. The van der Waals surface area contributed by atoms with E-state index in [2.05, 4.69) is 19.2 Å². The third-order valence-corrected chi connectivity index (χ3v) is 2.52. The topological polar surface area (TPSA) is 38.3 Å². The number of carbonyl (C=O) groups is 1. The van der Waals surface area contributed by atoms with Crippen molar-refractivity contribution in [2.45, 2.75) is 34.1 Å². The van der Waals surface area contributed by atoms with E-state index >= 15 is 0 Å². The first-order valence-corrected chi connectivity index (χ1v) is 5.64. The second-order valence-electron chi connectivity index (χ2n) is 3.69. The van der Waals surface area contributed by atoms with Crippen LogP contribution >= 0.6 is 0 Å². The van der Waals surface area contributed by atoms with Crippen molar-refractivity contribution >= 4 is 11.7 Å². The molecule has 0 fully saturated rings. The molecule has 88 valence electrons. The standard InChI is InChI=1S/C13H19NO2/c1-5-11-9(3)13(16-10(4)15)8-7-12(11)14-6-2/h7-8,14H,5-6H2,1-4H3. The summed E-state index contributed by atoms with van der Waals surface area (Å²) in [4.78, 5) is 10.9. The first-order valence-electron chi connectivity index (χ1n) is 5.64. The lowest BCUT2D eigenvalue weighted by Crippen LogP contribution is -2.07. The average molecular weight is 221 g/mol. The van der Waals surface area contributed by atoms with E-state index in [-0.39, 0.29) is 5.97 Å². The molecule has 1 rings (SSSR count). The molecule has 0 aliphatic heterocycles. The van der Waals surface area contributed by atoms with Crippen molar-refractivity contribution in [2.24, 2.45) is 0 Å². The smallest absolute Gasteiger partial charge is 0.308 e. The monoisotopic (exact) mass is 221 g/mol. The van der Waals surface area contributed by atoms with Crippen LogP contribution in [0.25, 0.3) is 0 Å². The van der Waals surface area contributed by atoms with Crippen LogP contribution in [0.3, 0.4) is 0 Å². The van der Waals surface area contributed by atoms with Crippen LogP contribution in [-0.2, 0) is 11.2 Å². The number of ether oxygens (including phenoxy) is 1. The molecule has 0 heterocycles. The zero-order valence-corrected chi connectivity index (χ0v) is 10.4. The fourth-order valence-corrected chi connectivity index (χ4v) is 1.81. The minimum absolute atomic E-state index is 0.277. The lowest BCUT2D eigenvalue weighted by Gasteiger charge is -2.15. The Kier molecular flexibility index (Phi) is 4.35. The summed E-state index contributed by atoms with van der Waals surface area (Å²) in [6.45, 7) is 8.45. The maximum absolute atomic E-state index is 10.9. The van der Waals surface area contributed by atoms with Crippen molar-refractivity contribution in [1.29, 1.82) is 0 Å². The van der Waals surface area contributed by atoms with Crippen molar-refractivity contribution in [3.05, 3.63) is 23.3 Å². The maximum Gasteiger partial charge on any atom is 0.308 e. The molecule has 0 saturated heterocycles. The third-order valence-electron chi connectivity index (χ3n) is 2.52. The van der Waals surface area contributed by atoms with Gasteiger partial charge in [0.15, 0.2) is 0 Å². The average Bonchev–Trinajstić information content (AvgIpc) is 2.22. The van der Waals surface area contributed by atoms with Gasteiger partial charge in [0.2, 0.25) is 0 Å². The van der Waals surface area contributed by atoms with Crippen LogP contribution in [0.1, 0.15) is 31.9 Å². The number of nitrogens with one attached hydrogen (secondary N) is 1. The molecule has 1 aromatic carbocycles. The lowest BCUT2D eigenvalue weighted by atomic mass is 10.0. The second-order valence-corrected chi connectivity index (χ2v) is 3.69. The Labute approximate surface area is 96.8 Å². The summed E-state index contributed by atoms with van der Waals surface area (Å²) in [7, 11) is 0. The fraction of sp³-hybridized carbons (Fsp3) is 0.462. The van der Waals surface area contributed by atoms with E-state index in [4.69, 9.17) is 4.74 Å². The Bertz CT molecular complexity index is 386. The van der Waals surface area contributed by atoms with Gasteiger partial charge in [-0.05, 0) is 43.5 Å². The van der Waals surface area contributed by atoms with E-state index in [9.17, 15) is 4.79 Å². The SMILES string of the molecule is CCNc1ccc(OC(C)=O)c(C)c1CC. The summed E-state index contributed by atoms with van der Waals surface area (Å²) in [5.74, 6) is 0.382. The number of carbonyl (C=O) groups excluding carboxylic acids is 1. The zero-order valence-electron chi connectivity index (χ0n) is 10.4. The summed E-state index contributed by atoms with van der Waals surface area (Å²) in [5, 5.41) is 3.31. The Balaban J connectivity index is 3.12. The highest BCUT2D eigenvalue weighted by Gasteiger charge is 2.10. The van der Waals surface area contributed by atoms with Gasteiger partial charge in [-0.15, -0.1) is 0 Å². The third kappa shape index (κ3) is 2.75. The molecular weight excluding hydrogens is 202 g/mol. The minimum Gasteiger partial charge on any atom is -0.426 e. The number of esters is 1. The van der Waals surface area contributed by atoms with Gasteiger partial charge in [-0.25, -0.2) is 0 Å². The Hall–Kier alpha value is -1.51. The van der Waals surface area contributed by atoms with Crippen molar-refractivity contribution < 1.29 is 9.53 Å². The molecule has 0 aliphatic rings. The molecule has 0 spiro atoms. The molecule has 0 radical (unpaired) electrons. The first-order chi connectivity index (χ1) is 7.60. The maximum atomic E-state index is 10.9. The van der Waals surface area contributed by atoms with Crippen LogP contribution < -0.4 is 10.1 Å². The highest BCUT2D eigenvalue weighted by atomic mass is 16.5. The predicted molar refractivity (Wildman–Crippen MR) is 66.0 cm³/mol. The molecule has 0 unspecified atom stereocenters. The van der Waals surface area contributed by atoms with E-state index in [0.717, 1.165) is 24.2 Å². The van der Waals surface area contributed by atoms with Crippen molar-refractivity contribution in [3.8, 4) is 5.75 Å². The molecular formula is C13H19NO2. The van der Waals surface area contributed by atoms with Gasteiger partial charge in [-0.3, -0.25) is 4.79 Å². The first kappa shape index (κ1) is 12.6. The summed E-state index contributed by atoms with van der Waals surface area (Å²) in [6.07, 6.45) is 0.920. The molecule has 0 aliphatic carbocycles. The number of benzene rings is 1. The van der Waals surface area contributed by atoms with Crippen molar-refractivity contribution in [3.63, 3.8) is 0 Å². The van der Waals surface area contributed by atoms with Crippen molar-refractivity contribution in [1.82, 2.24) is 0 Å². The van der Waals surface area contributed by atoms with E-state index in [1.54, 1.807) is 0 Å². The van der Waals surface area contributed by atoms with Gasteiger partial charge in [0.25, 0.3) is 0 Å². The van der Waals surface area contributed by atoms with Gasteiger partial charge in [-0.1, -0.05) is 6.92 Å². The second kappa shape index (κ2) is 5.54. The highest BCUT2D eigenvalue weighted by molar-refractivity contribution is 5.71. The molecule has 1 aromatic rings. The van der Waals surface area contributed by atoms with Gasteiger partial charge >= 0.3 is 5.97 Å². The lowest BCUT2D eigenvalue weighted by molar-refractivity contribution is -0.131. The minimum atomic E-state index is -0.277. The highest BCUT2D eigenvalue weighted by Crippen LogP contribution is 2.28. The van der Waals surface area contributed by atoms with Gasteiger partial charge in [-0.2, -0.15) is 0 Å². The fourth-order valence-electron chi connectivity index (χ4n) is 1.81. The van der Waals surface area contributed by atoms with Gasteiger partial charge in [0.05, 0.1) is 0 Å². The Morgan fingerprint density at radius 1 is 1.38 bits per heavy atom. The molecule has 16 heavy (non-hydrogen) atoms. The van der Waals surface area contributed by atoms with E-state index in [1.807, 2.05) is 19.1 Å². The van der Waals surface area contributed by atoms with E-state index < -0.39 is 0 Å². The number of hydrogen-bond donors (Lipinski definition) is 1. The molecule has 0 atom stereocenters. The molecule has 0 aromatic heterocycles. The molecule has 1 N–H and O–H groups in total. The Morgan fingerprint density at radius 2 is 2.06 bits per heavy atom. The van der Waals surface area contributed by atoms with Gasteiger partial charge in [0.1, 0.15) is 5.75 Å². The van der Waals surface area contributed by atoms with Gasteiger partial charge in [0, 0.05) is 19.2 Å². The van der Waals surface area contributed by atoms with Crippen LogP contribution in [0.15, 0.2) is 12.1 Å². The van der Waals surface area contributed by atoms with E-state index in [1.165, 1.54) is 12.5 Å². The van der Waals surface area contributed by atoms with Gasteiger partial charge < -0.3 is 10.1 Å². The molecule has 0 saturated carbocycles. The van der Waals surface area contributed by atoms with Crippen LogP contribution in [0.4, 0.5) is 5.69 Å². The molecule has 3 heteroatoms. The van der Waals surface area contributed by atoms with Crippen LogP contribution in [-0.4, -0.2) is 12.5 Å². The predicted octanol–water partition coefficient (Wildman–Crippen LogP) is 2.91. The van der Waals surface area contributed by atoms with Crippen LogP contribution in [0, 0.1) is 6.92 Å². The molecule has 3 nitrogen and oxygen atoms in total. The largest absolute Gasteiger partial charge is 0.426 e.